The number of piperazine rings is 1. The Balaban J connectivity index is 2.01. The van der Waals surface area contributed by atoms with E-state index in [0.717, 1.165) is 11.3 Å². The molecule has 118 valence electrons. The number of benzene rings is 1. The van der Waals surface area contributed by atoms with Gasteiger partial charge < -0.3 is 14.5 Å². The molecule has 0 N–H and O–H groups in total. The van der Waals surface area contributed by atoms with E-state index in [-0.39, 0.29) is 12.1 Å². The standard InChI is InChI=1S/C16H22N4O2/c1-18(2)16(21)20-10-8-19(9-11-20)15(12-17)13-4-6-14(22-3)7-5-13/h4-7,15H,8-11H2,1-3H3. The van der Waals surface area contributed by atoms with Crippen molar-refractivity contribution in [2.45, 2.75) is 6.04 Å². The Morgan fingerprint density at radius 1 is 1.23 bits per heavy atom. The molecule has 6 nitrogen and oxygen atoms in total. The van der Waals surface area contributed by atoms with Crippen molar-refractivity contribution in [1.29, 1.82) is 5.26 Å². The fraction of sp³-hybridized carbons (Fsp3) is 0.500. The number of carbonyl (C=O) groups excluding carboxylic acids is 1. The Morgan fingerprint density at radius 3 is 2.27 bits per heavy atom. The van der Waals surface area contributed by atoms with Crippen molar-refractivity contribution in [1.82, 2.24) is 14.7 Å². The summed E-state index contributed by atoms with van der Waals surface area (Å²) in [5.41, 5.74) is 0.954. The lowest BCUT2D eigenvalue weighted by Crippen LogP contribution is -2.52. The predicted molar refractivity (Wildman–Crippen MR) is 83.6 cm³/mol. The molecule has 0 bridgehead atoms. The summed E-state index contributed by atoms with van der Waals surface area (Å²) >= 11 is 0. The molecule has 2 rings (SSSR count). The molecule has 2 amide bonds. The number of amides is 2. The molecule has 1 aliphatic rings. The van der Waals surface area contributed by atoms with E-state index in [1.165, 1.54) is 0 Å². The highest BCUT2D eigenvalue weighted by atomic mass is 16.5. The Labute approximate surface area is 131 Å². The highest BCUT2D eigenvalue weighted by Crippen LogP contribution is 2.23. The van der Waals surface area contributed by atoms with Gasteiger partial charge in [-0.1, -0.05) is 12.1 Å². The molecular formula is C16H22N4O2. The second kappa shape index (κ2) is 7.14. The van der Waals surface area contributed by atoms with Crippen LogP contribution in [0.2, 0.25) is 0 Å². The van der Waals surface area contributed by atoms with E-state index in [4.69, 9.17) is 4.74 Å². The van der Waals surface area contributed by atoms with E-state index < -0.39 is 0 Å². The SMILES string of the molecule is COc1ccc(C(C#N)N2CCN(C(=O)N(C)C)CC2)cc1. The number of nitrogens with zero attached hydrogens (tertiary/aromatic N) is 4. The normalized spacial score (nSPS) is 16.7. The Morgan fingerprint density at radius 2 is 1.82 bits per heavy atom. The topological polar surface area (TPSA) is 59.8 Å². The van der Waals surface area contributed by atoms with Crippen LogP contribution in [0.3, 0.4) is 0 Å². The molecule has 0 spiro atoms. The summed E-state index contributed by atoms with van der Waals surface area (Å²) < 4.78 is 5.15. The van der Waals surface area contributed by atoms with Crippen LogP contribution in [-0.2, 0) is 0 Å². The molecule has 1 aromatic carbocycles. The van der Waals surface area contributed by atoms with Gasteiger partial charge in [-0.2, -0.15) is 5.26 Å². The largest absolute Gasteiger partial charge is 0.497 e. The smallest absolute Gasteiger partial charge is 0.319 e. The summed E-state index contributed by atoms with van der Waals surface area (Å²) in [5, 5.41) is 9.51. The number of hydrogen-bond donors (Lipinski definition) is 0. The van der Waals surface area contributed by atoms with E-state index in [1.807, 2.05) is 29.2 Å². The molecule has 1 aliphatic heterocycles. The van der Waals surface area contributed by atoms with Gasteiger partial charge in [-0.3, -0.25) is 4.90 Å². The van der Waals surface area contributed by atoms with Crippen LogP contribution in [-0.4, -0.2) is 68.1 Å². The van der Waals surface area contributed by atoms with E-state index in [2.05, 4.69) is 11.0 Å². The number of rotatable bonds is 3. The molecule has 6 heteroatoms. The minimum Gasteiger partial charge on any atom is -0.497 e. The van der Waals surface area contributed by atoms with Crippen LogP contribution >= 0.6 is 0 Å². The maximum atomic E-state index is 11.9. The van der Waals surface area contributed by atoms with Gasteiger partial charge in [0.2, 0.25) is 0 Å². The first kappa shape index (κ1) is 16.1. The molecule has 0 radical (unpaired) electrons. The predicted octanol–water partition coefficient (Wildman–Crippen LogP) is 1.56. The van der Waals surface area contributed by atoms with Crippen molar-refractivity contribution >= 4 is 6.03 Å². The van der Waals surface area contributed by atoms with Crippen molar-refractivity contribution in [3.63, 3.8) is 0 Å². The number of ether oxygens (including phenoxy) is 1. The summed E-state index contributed by atoms with van der Waals surface area (Å²) in [7, 11) is 5.13. The van der Waals surface area contributed by atoms with Gasteiger partial charge in [0.25, 0.3) is 0 Å². The average Bonchev–Trinajstić information content (AvgIpc) is 2.56. The monoisotopic (exact) mass is 302 g/mol. The lowest BCUT2D eigenvalue weighted by atomic mass is 10.1. The minimum atomic E-state index is -0.289. The van der Waals surface area contributed by atoms with Gasteiger partial charge in [-0.25, -0.2) is 4.79 Å². The van der Waals surface area contributed by atoms with Crippen LogP contribution in [0.5, 0.6) is 5.75 Å². The third-order valence-electron chi connectivity index (χ3n) is 3.89. The summed E-state index contributed by atoms with van der Waals surface area (Å²) in [6.45, 7) is 2.68. The minimum absolute atomic E-state index is 0.0256. The fourth-order valence-electron chi connectivity index (χ4n) is 2.61. The van der Waals surface area contributed by atoms with E-state index in [9.17, 15) is 10.1 Å². The molecule has 0 saturated carbocycles. The Kier molecular flexibility index (Phi) is 5.23. The van der Waals surface area contributed by atoms with Crippen molar-refractivity contribution < 1.29 is 9.53 Å². The van der Waals surface area contributed by atoms with Gasteiger partial charge in [0.15, 0.2) is 0 Å². The van der Waals surface area contributed by atoms with Gasteiger partial charge >= 0.3 is 6.03 Å². The molecule has 1 saturated heterocycles. The van der Waals surface area contributed by atoms with Crippen molar-refractivity contribution in [3.05, 3.63) is 29.8 Å². The summed E-state index contributed by atoms with van der Waals surface area (Å²) in [4.78, 5) is 17.5. The molecule has 0 aliphatic carbocycles. The number of hydrogen-bond acceptors (Lipinski definition) is 4. The average molecular weight is 302 g/mol. The maximum absolute atomic E-state index is 11.9. The Bertz CT molecular complexity index is 542. The zero-order valence-electron chi connectivity index (χ0n) is 13.3. The summed E-state index contributed by atoms with van der Waals surface area (Å²) in [6.07, 6.45) is 0. The third-order valence-corrected chi connectivity index (χ3v) is 3.89. The second-order valence-electron chi connectivity index (χ2n) is 5.50. The maximum Gasteiger partial charge on any atom is 0.319 e. The lowest BCUT2D eigenvalue weighted by molar-refractivity contribution is 0.111. The van der Waals surface area contributed by atoms with Gasteiger partial charge in [0.05, 0.1) is 13.2 Å². The highest BCUT2D eigenvalue weighted by Gasteiger charge is 2.27. The van der Waals surface area contributed by atoms with Gasteiger partial charge in [-0.05, 0) is 17.7 Å². The first-order valence-electron chi connectivity index (χ1n) is 7.30. The number of methoxy groups -OCH3 is 1. The molecular weight excluding hydrogens is 280 g/mol. The first-order valence-corrected chi connectivity index (χ1v) is 7.30. The van der Waals surface area contributed by atoms with E-state index >= 15 is 0 Å². The molecule has 1 fully saturated rings. The molecule has 1 unspecified atom stereocenters. The summed E-state index contributed by atoms with van der Waals surface area (Å²) in [5.74, 6) is 0.779. The number of nitriles is 1. The molecule has 1 aromatic rings. The summed E-state index contributed by atoms with van der Waals surface area (Å²) in [6, 6.07) is 9.67. The highest BCUT2D eigenvalue weighted by molar-refractivity contribution is 5.73. The van der Waals surface area contributed by atoms with Crippen LogP contribution in [0.15, 0.2) is 24.3 Å². The lowest BCUT2D eigenvalue weighted by Gasteiger charge is -2.37. The van der Waals surface area contributed by atoms with Crippen LogP contribution < -0.4 is 4.74 Å². The van der Waals surface area contributed by atoms with E-state index in [0.29, 0.717) is 26.2 Å². The Hall–Kier alpha value is -2.26. The van der Waals surface area contributed by atoms with Gasteiger partial charge in [0, 0.05) is 40.3 Å². The first-order chi connectivity index (χ1) is 10.6. The van der Waals surface area contributed by atoms with Crippen LogP contribution in [0.4, 0.5) is 4.79 Å². The van der Waals surface area contributed by atoms with Crippen molar-refractivity contribution in [2.24, 2.45) is 0 Å². The van der Waals surface area contributed by atoms with Crippen LogP contribution in [0, 0.1) is 11.3 Å². The zero-order valence-corrected chi connectivity index (χ0v) is 13.3. The molecule has 1 heterocycles. The van der Waals surface area contributed by atoms with Gasteiger partial charge in [0.1, 0.15) is 11.8 Å². The van der Waals surface area contributed by atoms with Gasteiger partial charge in [-0.15, -0.1) is 0 Å². The quantitative estimate of drug-likeness (QED) is 0.850. The number of carbonyl (C=O) groups is 1. The van der Waals surface area contributed by atoms with Crippen molar-refractivity contribution in [2.75, 3.05) is 47.4 Å². The van der Waals surface area contributed by atoms with Crippen LogP contribution in [0.1, 0.15) is 11.6 Å². The van der Waals surface area contributed by atoms with Crippen molar-refractivity contribution in [3.8, 4) is 11.8 Å². The second-order valence-corrected chi connectivity index (χ2v) is 5.50. The number of urea groups is 1. The molecule has 22 heavy (non-hydrogen) atoms. The third kappa shape index (κ3) is 3.49. The molecule has 1 atom stereocenters. The fourth-order valence-corrected chi connectivity index (χ4v) is 2.61. The zero-order chi connectivity index (χ0) is 16.1. The van der Waals surface area contributed by atoms with E-state index in [1.54, 1.807) is 26.1 Å². The van der Waals surface area contributed by atoms with Crippen LogP contribution in [0.25, 0.3) is 0 Å². The molecule has 0 aromatic heterocycles.